The molecule has 0 aliphatic carbocycles. The second-order valence-electron chi connectivity index (χ2n) is 6.31. The summed E-state index contributed by atoms with van der Waals surface area (Å²) in [4.78, 5) is 4.79. The summed E-state index contributed by atoms with van der Waals surface area (Å²) in [5.74, 6) is 1.11. The third-order valence-corrected chi connectivity index (χ3v) is 4.64. The summed E-state index contributed by atoms with van der Waals surface area (Å²) >= 11 is 0. The Balaban J connectivity index is 2.05. The molecule has 1 N–H and O–H groups in total. The maximum Gasteiger partial charge on any atom is 0.175 e. The molecule has 1 aliphatic rings. The minimum Gasteiger partial charge on any atom is -0.380 e. The Morgan fingerprint density at radius 2 is 1.86 bits per heavy atom. The van der Waals surface area contributed by atoms with Gasteiger partial charge >= 0.3 is 0 Å². The van der Waals surface area contributed by atoms with Gasteiger partial charge in [0.1, 0.15) is 5.69 Å². The molecular weight excluding hydrogens is 274 g/mol. The zero-order valence-corrected chi connectivity index (χ0v) is 14.2. The van der Waals surface area contributed by atoms with Crippen molar-refractivity contribution >= 4 is 17.0 Å². The van der Waals surface area contributed by atoms with Gasteiger partial charge in [0, 0.05) is 38.4 Å². The minimum absolute atomic E-state index is 0.981. The van der Waals surface area contributed by atoms with Crippen molar-refractivity contribution < 1.29 is 0 Å². The summed E-state index contributed by atoms with van der Waals surface area (Å²) < 4.78 is 2.10. The highest BCUT2D eigenvalue weighted by molar-refractivity contribution is 5.84. The van der Waals surface area contributed by atoms with Crippen molar-refractivity contribution in [1.82, 2.24) is 14.5 Å². The van der Waals surface area contributed by atoms with E-state index in [2.05, 4.69) is 59.6 Å². The molecule has 1 saturated heterocycles. The van der Waals surface area contributed by atoms with E-state index in [1.165, 1.54) is 22.5 Å². The van der Waals surface area contributed by atoms with Crippen LogP contribution in [0.2, 0.25) is 0 Å². The van der Waals surface area contributed by atoms with Gasteiger partial charge in [0.25, 0.3) is 0 Å². The van der Waals surface area contributed by atoms with E-state index in [-0.39, 0.29) is 0 Å². The van der Waals surface area contributed by atoms with Crippen molar-refractivity contribution in [2.45, 2.75) is 27.2 Å². The fourth-order valence-corrected chi connectivity index (χ4v) is 2.98. The largest absolute Gasteiger partial charge is 0.380 e. The van der Waals surface area contributed by atoms with Crippen molar-refractivity contribution in [3.05, 3.63) is 23.4 Å². The van der Waals surface area contributed by atoms with Crippen molar-refractivity contribution in [3.8, 4) is 0 Å². The van der Waals surface area contributed by atoms with Crippen LogP contribution in [-0.2, 0) is 0 Å². The predicted octanol–water partition coefficient (Wildman–Crippen LogP) is 2.52. The second kappa shape index (κ2) is 6.16. The second-order valence-corrected chi connectivity index (χ2v) is 6.31. The molecule has 2 aromatic heterocycles. The fourth-order valence-electron chi connectivity index (χ4n) is 2.98. The number of hydrogen-bond acceptors (Lipinski definition) is 4. The number of aromatic nitrogens is 2. The zero-order valence-electron chi connectivity index (χ0n) is 14.2. The molecule has 0 spiro atoms. The monoisotopic (exact) mass is 301 g/mol. The van der Waals surface area contributed by atoms with Gasteiger partial charge in [-0.1, -0.05) is 13.0 Å². The summed E-state index contributed by atoms with van der Waals surface area (Å²) in [6, 6.07) is 4.38. The molecule has 120 valence electrons. The van der Waals surface area contributed by atoms with Gasteiger partial charge in [-0.2, -0.15) is 0 Å². The van der Waals surface area contributed by atoms with Gasteiger partial charge in [0.2, 0.25) is 0 Å². The summed E-state index contributed by atoms with van der Waals surface area (Å²) in [6.07, 6.45) is 1.12. The highest BCUT2D eigenvalue weighted by atomic mass is 15.4. The van der Waals surface area contributed by atoms with Gasteiger partial charge in [-0.15, -0.1) is 5.10 Å². The molecule has 5 nitrogen and oxygen atoms in total. The van der Waals surface area contributed by atoms with Gasteiger partial charge in [-0.25, -0.2) is 4.52 Å². The Hall–Kier alpha value is -1.75. The Morgan fingerprint density at radius 1 is 1.14 bits per heavy atom. The molecule has 5 heteroatoms. The number of anilines is 2. The maximum atomic E-state index is 4.94. The average Bonchev–Trinajstić information content (AvgIpc) is 2.89. The quantitative estimate of drug-likeness (QED) is 0.941. The number of rotatable bonds is 4. The van der Waals surface area contributed by atoms with Crippen LogP contribution in [0.25, 0.3) is 5.52 Å². The number of nitrogens with one attached hydrogen (secondary N) is 1. The molecule has 3 rings (SSSR count). The first-order valence-corrected chi connectivity index (χ1v) is 8.28. The average molecular weight is 301 g/mol. The number of nitrogens with zero attached hydrogens (tertiary/aromatic N) is 4. The van der Waals surface area contributed by atoms with Crippen LogP contribution >= 0.6 is 0 Å². The number of hydrogen-bond donors (Lipinski definition) is 1. The normalized spacial score (nSPS) is 16.5. The molecular formula is C17H27N5. The molecule has 22 heavy (non-hydrogen) atoms. The highest BCUT2D eigenvalue weighted by Gasteiger charge is 2.22. The number of fused-ring (bicyclic) bond motifs is 1. The number of piperazine rings is 1. The van der Waals surface area contributed by atoms with Gasteiger partial charge in [-0.05, 0) is 38.9 Å². The van der Waals surface area contributed by atoms with Gasteiger partial charge in [0.15, 0.2) is 5.82 Å². The first-order valence-electron chi connectivity index (χ1n) is 8.28. The third kappa shape index (κ3) is 2.65. The summed E-state index contributed by atoms with van der Waals surface area (Å²) in [5, 5.41) is 8.54. The zero-order chi connectivity index (χ0) is 15.7. The van der Waals surface area contributed by atoms with Crippen molar-refractivity contribution in [2.75, 3.05) is 50.0 Å². The molecule has 0 aromatic carbocycles. The first kappa shape index (κ1) is 15.2. The lowest BCUT2D eigenvalue weighted by Gasteiger charge is -2.33. The molecule has 0 saturated carbocycles. The first-order chi connectivity index (χ1) is 10.6. The fraction of sp³-hybridized carbons (Fsp3) is 0.588. The van der Waals surface area contributed by atoms with E-state index in [4.69, 9.17) is 5.10 Å². The van der Waals surface area contributed by atoms with Crippen molar-refractivity contribution in [1.29, 1.82) is 0 Å². The van der Waals surface area contributed by atoms with E-state index in [1.54, 1.807) is 0 Å². The molecule has 2 aromatic rings. The molecule has 0 radical (unpaired) electrons. The standard InChI is InChI=1S/C17H27N5/c1-5-8-18-16-15-7-6-13(2)14(3)22(15)19-17(16)21-11-9-20(4)10-12-21/h6-7,18H,5,8-12H2,1-4H3. The van der Waals surface area contributed by atoms with E-state index in [9.17, 15) is 0 Å². The van der Waals surface area contributed by atoms with Gasteiger partial charge in [0.05, 0.1) is 5.52 Å². The topological polar surface area (TPSA) is 35.8 Å². The van der Waals surface area contributed by atoms with Crippen LogP contribution in [0.15, 0.2) is 12.1 Å². The van der Waals surface area contributed by atoms with Crippen LogP contribution in [0.3, 0.4) is 0 Å². The summed E-state index contributed by atoms with van der Waals surface area (Å²) in [5.41, 5.74) is 4.87. The van der Waals surface area contributed by atoms with Crippen LogP contribution in [0.1, 0.15) is 24.6 Å². The molecule has 3 heterocycles. The predicted molar refractivity (Wildman–Crippen MR) is 93.2 cm³/mol. The summed E-state index contributed by atoms with van der Waals surface area (Å²) in [7, 11) is 2.19. The number of aryl methyl sites for hydroxylation is 2. The van der Waals surface area contributed by atoms with E-state index >= 15 is 0 Å². The Morgan fingerprint density at radius 3 is 2.55 bits per heavy atom. The summed E-state index contributed by atoms with van der Waals surface area (Å²) in [6.45, 7) is 11.7. The molecule has 0 atom stereocenters. The van der Waals surface area contributed by atoms with E-state index in [0.717, 1.165) is 45.0 Å². The van der Waals surface area contributed by atoms with Crippen molar-refractivity contribution in [3.63, 3.8) is 0 Å². The van der Waals surface area contributed by atoms with E-state index in [0.29, 0.717) is 0 Å². The number of likely N-dealkylation sites (N-methyl/N-ethyl adjacent to an activating group) is 1. The highest BCUT2D eigenvalue weighted by Crippen LogP contribution is 2.31. The molecule has 1 aliphatic heterocycles. The molecule has 0 amide bonds. The maximum absolute atomic E-state index is 4.94. The molecule has 0 unspecified atom stereocenters. The minimum atomic E-state index is 0.981. The number of pyridine rings is 1. The molecule has 1 fully saturated rings. The smallest absolute Gasteiger partial charge is 0.175 e. The Kier molecular flexibility index (Phi) is 4.25. The lowest BCUT2D eigenvalue weighted by molar-refractivity contribution is 0.312. The molecule has 0 bridgehead atoms. The van der Waals surface area contributed by atoms with Gasteiger partial charge in [-0.3, -0.25) is 0 Å². The lowest BCUT2D eigenvalue weighted by atomic mass is 10.2. The van der Waals surface area contributed by atoms with Crippen LogP contribution < -0.4 is 10.2 Å². The van der Waals surface area contributed by atoms with Crippen LogP contribution in [-0.4, -0.2) is 54.3 Å². The Bertz CT molecular complexity index is 653. The van der Waals surface area contributed by atoms with E-state index in [1.807, 2.05) is 0 Å². The van der Waals surface area contributed by atoms with Crippen LogP contribution in [0.4, 0.5) is 11.5 Å². The van der Waals surface area contributed by atoms with Crippen molar-refractivity contribution in [2.24, 2.45) is 0 Å². The van der Waals surface area contributed by atoms with Crippen LogP contribution in [0.5, 0.6) is 0 Å². The van der Waals surface area contributed by atoms with Gasteiger partial charge < -0.3 is 15.1 Å². The van der Waals surface area contributed by atoms with E-state index < -0.39 is 0 Å². The SMILES string of the molecule is CCCNc1c(N2CCN(C)CC2)nn2c(C)c(C)ccc12. The van der Waals surface area contributed by atoms with Crippen LogP contribution in [0, 0.1) is 13.8 Å². The lowest BCUT2D eigenvalue weighted by Crippen LogP contribution is -2.44. The third-order valence-electron chi connectivity index (χ3n) is 4.64. The Labute approximate surface area is 132 Å².